The quantitative estimate of drug-likeness (QED) is 0.886. The van der Waals surface area contributed by atoms with Gasteiger partial charge in [-0.05, 0) is 44.0 Å². The van der Waals surface area contributed by atoms with Crippen LogP contribution in [0.2, 0.25) is 0 Å². The van der Waals surface area contributed by atoms with E-state index in [0.717, 1.165) is 11.1 Å². The van der Waals surface area contributed by atoms with Crippen molar-refractivity contribution in [3.63, 3.8) is 0 Å². The van der Waals surface area contributed by atoms with Crippen LogP contribution in [0.1, 0.15) is 18.1 Å². The summed E-state index contributed by atoms with van der Waals surface area (Å²) in [5.41, 5.74) is 2.87. The van der Waals surface area contributed by atoms with Crippen LogP contribution in [-0.2, 0) is 4.79 Å². The highest BCUT2D eigenvalue weighted by Gasteiger charge is 2.28. The Morgan fingerprint density at radius 3 is 2.42 bits per heavy atom. The van der Waals surface area contributed by atoms with Crippen molar-refractivity contribution >= 4 is 11.6 Å². The lowest BCUT2D eigenvalue weighted by molar-refractivity contribution is -0.138. The van der Waals surface area contributed by atoms with E-state index in [4.69, 9.17) is 0 Å². The summed E-state index contributed by atoms with van der Waals surface area (Å²) in [6, 6.07) is 4.79. The number of carbonyl (C=O) groups excluding carboxylic acids is 1. The van der Waals surface area contributed by atoms with E-state index in [1.54, 1.807) is 6.07 Å². The number of anilines is 1. The minimum absolute atomic E-state index is 0.685. The molecule has 0 bridgehead atoms. The molecule has 0 radical (unpaired) electrons. The summed E-state index contributed by atoms with van der Waals surface area (Å²) in [4.78, 5) is 11.5. The third-order valence-electron chi connectivity index (χ3n) is 2.75. The van der Waals surface area contributed by atoms with Gasteiger partial charge in [-0.3, -0.25) is 4.79 Å². The van der Waals surface area contributed by atoms with Crippen LogP contribution < -0.4 is 10.6 Å². The third-order valence-corrected chi connectivity index (χ3v) is 2.75. The minimum atomic E-state index is -4.39. The van der Waals surface area contributed by atoms with Crippen LogP contribution in [0.15, 0.2) is 18.2 Å². The minimum Gasteiger partial charge on any atom is -0.374 e. The number of halogens is 3. The SMILES string of the molecule is Cc1ccc(N[C@@H](C)C(=O)NCC(F)(F)F)cc1C. The first-order chi connectivity index (χ1) is 8.69. The average molecular weight is 274 g/mol. The molecule has 1 amide bonds. The molecule has 1 aromatic carbocycles. The van der Waals surface area contributed by atoms with Gasteiger partial charge in [-0.1, -0.05) is 6.07 Å². The molecule has 3 nitrogen and oxygen atoms in total. The number of rotatable bonds is 4. The molecule has 6 heteroatoms. The molecule has 1 rings (SSSR count). The maximum Gasteiger partial charge on any atom is 0.405 e. The second kappa shape index (κ2) is 5.95. The molecule has 0 aliphatic heterocycles. The van der Waals surface area contributed by atoms with Crippen molar-refractivity contribution in [3.8, 4) is 0 Å². The van der Waals surface area contributed by atoms with E-state index in [-0.39, 0.29) is 0 Å². The Labute approximate surface area is 110 Å². The van der Waals surface area contributed by atoms with E-state index < -0.39 is 24.7 Å². The molecular formula is C13H17F3N2O. The molecule has 1 atom stereocenters. The van der Waals surface area contributed by atoms with E-state index >= 15 is 0 Å². The normalized spacial score (nSPS) is 12.9. The Bertz CT molecular complexity index is 458. The fourth-order valence-electron chi connectivity index (χ4n) is 1.49. The summed E-state index contributed by atoms with van der Waals surface area (Å²) in [6.45, 7) is 4.08. The smallest absolute Gasteiger partial charge is 0.374 e. The lowest BCUT2D eigenvalue weighted by Crippen LogP contribution is -2.42. The lowest BCUT2D eigenvalue weighted by atomic mass is 10.1. The number of benzene rings is 1. The fraction of sp³-hybridized carbons (Fsp3) is 0.462. The van der Waals surface area contributed by atoms with Crippen molar-refractivity contribution in [2.24, 2.45) is 0 Å². The maximum absolute atomic E-state index is 12.0. The number of aryl methyl sites for hydroxylation is 2. The van der Waals surface area contributed by atoms with Gasteiger partial charge in [-0.2, -0.15) is 13.2 Å². The molecule has 0 unspecified atom stereocenters. The first-order valence-electron chi connectivity index (χ1n) is 5.87. The largest absolute Gasteiger partial charge is 0.405 e. The molecule has 0 heterocycles. The third kappa shape index (κ3) is 5.19. The zero-order valence-corrected chi connectivity index (χ0v) is 11.1. The van der Waals surface area contributed by atoms with Crippen LogP contribution in [0.3, 0.4) is 0 Å². The van der Waals surface area contributed by atoms with Gasteiger partial charge in [-0.25, -0.2) is 0 Å². The zero-order valence-electron chi connectivity index (χ0n) is 11.1. The highest BCUT2D eigenvalue weighted by atomic mass is 19.4. The fourth-order valence-corrected chi connectivity index (χ4v) is 1.49. The molecule has 0 aromatic heterocycles. The molecule has 0 aliphatic rings. The number of hydrogen-bond donors (Lipinski definition) is 2. The van der Waals surface area contributed by atoms with Gasteiger partial charge in [-0.15, -0.1) is 0 Å². The van der Waals surface area contributed by atoms with Crippen molar-refractivity contribution in [2.75, 3.05) is 11.9 Å². The number of hydrogen-bond acceptors (Lipinski definition) is 2. The van der Waals surface area contributed by atoms with Gasteiger partial charge >= 0.3 is 6.18 Å². The van der Waals surface area contributed by atoms with Crippen molar-refractivity contribution in [2.45, 2.75) is 33.0 Å². The Morgan fingerprint density at radius 1 is 1.26 bits per heavy atom. The first-order valence-corrected chi connectivity index (χ1v) is 5.87. The van der Waals surface area contributed by atoms with Crippen molar-refractivity contribution in [1.82, 2.24) is 5.32 Å². The molecule has 0 aliphatic carbocycles. The van der Waals surface area contributed by atoms with Crippen molar-refractivity contribution < 1.29 is 18.0 Å². The van der Waals surface area contributed by atoms with Crippen LogP contribution in [0.4, 0.5) is 18.9 Å². The van der Waals surface area contributed by atoms with Gasteiger partial charge < -0.3 is 10.6 Å². The average Bonchev–Trinajstić information content (AvgIpc) is 2.29. The van der Waals surface area contributed by atoms with Crippen LogP contribution in [-0.4, -0.2) is 24.7 Å². The molecule has 19 heavy (non-hydrogen) atoms. The topological polar surface area (TPSA) is 41.1 Å². The van der Waals surface area contributed by atoms with E-state index in [1.165, 1.54) is 6.92 Å². The van der Waals surface area contributed by atoms with Crippen LogP contribution in [0.5, 0.6) is 0 Å². The zero-order chi connectivity index (χ0) is 14.6. The number of alkyl halides is 3. The van der Waals surface area contributed by atoms with E-state index in [1.807, 2.05) is 31.3 Å². The van der Waals surface area contributed by atoms with Crippen molar-refractivity contribution in [3.05, 3.63) is 29.3 Å². The van der Waals surface area contributed by atoms with Crippen LogP contribution in [0, 0.1) is 13.8 Å². The first kappa shape index (κ1) is 15.3. The number of nitrogens with one attached hydrogen (secondary N) is 2. The second-order valence-electron chi connectivity index (χ2n) is 4.50. The van der Waals surface area contributed by atoms with Crippen LogP contribution >= 0.6 is 0 Å². The van der Waals surface area contributed by atoms with Gasteiger partial charge in [0.05, 0.1) is 0 Å². The summed E-state index contributed by atoms with van der Waals surface area (Å²) in [5.74, 6) is -0.685. The van der Waals surface area contributed by atoms with Gasteiger partial charge in [0, 0.05) is 5.69 Å². The summed E-state index contributed by atoms with van der Waals surface area (Å²) >= 11 is 0. The Kier molecular flexibility index (Phi) is 4.80. The van der Waals surface area contributed by atoms with Gasteiger partial charge in [0.2, 0.25) is 5.91 Å². The summed E-state index contributed by atoms with van der Waals surface area (Å²) in [5, 5.41) is 4.71. The monoisotopic (exact) mass is 274 g/mol. The molecular weight excluding hydrogens is 257 g/mol. The molecule has 0 fully saturated rings. The summed E-state index contributed by atoms with van der Waals surface area (Å²) in [6.07, 6.45) is -4.39. The molecule has 1 aromatic rings. The predicted octanol–water partition coefficient (Wildman–Crippen LogP) is 2.78. The lowest BCUT2D eigenvalue weighted by Gasteiger charge is -2.16. The van der Waals surface area contributed by atoms with Crippen molar-refractivity contribution in [1.29, 1.82) is 0 Å². The molecule has 2 N–H and O–H groups in total. The highest BCUT2D eigenvalue weighted by Crippen LogP contribution is 2.15. The van der Waals surface area contributed by atoms with Gasteiger partial charge in [0.1, 0.15) is 12.6 Å². The molecule has 0 saturated carbocycles. The van der Waals surface area contributed by atoms with E-state index in [0.29, 0.717) is 5.69 Å². The molecule has 0 saturated heterocycles. The Morgan fingerprint density at radius 2 is 1.89 bits per heavy atom. The standard InChI is InChI=1S/C13H17F3N2O/c1-8-4-5-11(6-9(8)2)18-10(3)12(19)17-7-13(14,15)16/h4-6,10,18H,7H2,1-3H3,(H,17,19)/t10-/m0/s1. The van der Waals surface area contributed by atoms with Gasteiger partial charge in [0.15, 0.2) is 0 Å². The second-order valence-corrected chi connectivity index (χ2v) is 4.50. The van der Waals surface area contributed by atoms with E-state index in [9.17, 15) is 18.0 Å². The van der Waals surface area contributed by atoms with E-state index in [2.05, 4.69) is 5.32 Å². The highest BCUT2D eigenvalue weighted by molar-refractivity contribution is 5.84. The molecule has 0 spiro atoms. The maximum atomic E-state index is 12.0. The predicted molar refractivity (Wildman–Crippen MR) is 68.1 cm³/mol. The summed E-state index contributed by atoms with van der Waals surface area (Å²) < 4.78 is 35.9. The van der Waals surface area contributed by atoms with Crippen LogP contribution in [0.25, 0.3) is 0 Å². The Hall–Kier alpha value is -1.72. The Balaban J connectivity index is 2.56. The number of carbonyl (C=O) groups is 1. The molecule has 106 valence electrons. The van der Waals surface area contributed by atoms with Gasteiger partial charge in [0.25, 0.3) is 0 Å². The number of amides is 1. The summed E-state index contributed by atoms with van der Waals surface area (Å²) in [7, 11) is 0.